The highest BCUT2D eigenvalue weighted by Gasteiger charge is 2.47. The van der Waals surface area contributed by atoms with Crippen LogP contribution in [0.25, 0.3) is 5.76 Å². The Labute approximate surface area is 221 Å². The van der Waals surface area contributed by atoms with E-state index in [9.17, 15) is 14.7 Å². The molecule has 0 spiro atoms. The quantitative estimate of drug-likeness (QED) is 0.190. The van der Waals surface area contributed by atoms with E-state index in [4.69, 9.17) is 14.2 Å². The number of unbranched alkanes of at least 4 members (excludes halogenated alkanes) is 1. The van der Waals surface area contributed by atoms with Gasteiger partial charge in [-0.25, -0.2) is 4.98 Å². The van der Waals surface area contributed by atoms with Crippen LogP contribution in [-0.2, 0) is 16.0 Å². The van der Waals surface area contributed by atoms with E-state index in [1.54, 1.807) is 54.7 Å². The third-order valence-corrected chi connectivity index (χ3v) is 6.77. The van der Waals surface area contributed by atoms with Crippen molar-refractivity contribution in [2.75, 3.05) is 18.6 Å². The second kappa shape index (κ2) is 10.6. The Morgan fingerprint density at radius 2 is 1.97 bits per heavy atom. The summed E-state index contributed by atoms with van der Waals surface area (Å²) in [7, 11) is 1.54. The molecule has 2 aliphatic rings. The third kappa shape index (κ3) is 4.58. The van der Waals surface area contributed by atoms with E-state index >= 15 is 0 Å². The molecule has 0 aliphatic carbocycles. The number of fused-ring (bicyclic) bond motifs is 1. The van der Waals surface area contributed by atoms with Crippen molar-refractivity contribution >= 4 is 23.3 Å². The molecule has 5 rings (SSSR count). The summed E-state index contributed by atoms with van der Waals surface area (Å²) in [5.41, 5.74) is 1.94. The summed E-state index contributed by atoms with van der Waals surface area (Å²) in [4.78, 5) is 32.5. The molecule has 3 aromatic rings. The lowest BCUT2D eigenvalue weighted by Crippen LogP contribution is -2.30. The van der Waals surface area contributed by atoms with Gasteiger partial charge < -0.3 is 19.3 Å². The van der Waals surface area contributed by atoms with E-state index in [-0.39, 0.29) is 17.4 Å². The zero-order valence-corrected chi connectivity index (χ0v) is 21.6. The average molecular weight is 515 g/mol. The largest absolute Gasteiger partial charge is 0.507 e. The van der Waals surface area contributed by atoms with Gasteiger partial charge in [0.25, 0.3) is 5.78 Å². The Balaban J connectivity index is 1.64. The van der Waals surface area contributed by atoms with Crippen LogP contribution in [0.2, 0.25) is 0 Å². The van der Waals surface area contributed by atoms with Gasteiger partial charge >= 0.3 is 5.91 Å². The zero-order valence-electron chi connectivity index (χ0n) is 21.6. The fraction of sp³-hybridized carbons (Fsp3) is 0.300. The monoisotopic (exact) mass is 514 g/mol. The second-order valence-electron chi connectivity index (χ2n) is 9.42. The molecule has 2 unspecified atom stereocenters. The SMILES string of the molecule is CCCCOc1ccc(C2C(=C(O)c3ccc4c(c3)CC(C)O4)C(=O)C(=O)N2c2ccccn2)cc1OC. The molecule has 2 aromatic carbocycles. The molecule has 8 heteroatoms. The van der Waals surface area contributed by atoms with Gasteiger partial charge in [0, 0.05) is 18.2 Å². The van der Waals surface area contributed by atoms with Crippen LogP contribution in [0.4, 0.5) is 5.82 Å². The highest BCUT2D eigenvalue weighted by molar-refractivity contribution is 6.51. The molecule has 1 aromatic heterocycles. The highest BCUT2D eigenvalue weighted by atomic mass is 16.5. The molecule has 2 atom stereocenters. The molecule has 1 fully saturated rings. The first-order valence-corrected chi connectivity index (χ1v) is 12.8. The van der Waals surface area contributed by atoms with Crippen LogP contribution in [0, 0.1) is 0 Å². The molecule has 0 saturated carbocycles. The summed E-state index contributed by atoms with van der Waals surface area (Å²) in [5, 5.41) is 11.5. The molecule has 196 valence electrons. The van der Waals surface area contributed by atoms with E-state index in [0.717, 1.165) is 24.2 Å². The Hall–Kier alpha value is -4.33. The van der Waals surface area contributed by atoms with Crippen molar-refractivity contribution in [3.05, 3.63) is 83.1 Å². The molecule has 1 amide bonds. The number of aromatic nitrogens is 1. The number of ketones is 1. The number of benzene rings is 2. The van der Waals surface area contributed by atoms with Crippen molar-refractivity contribution in [1.82, 2.24) is 4.98 Å². The molecule has 1 saturated heterocycles. The van der Waals surface area contributed by atoms with Gasteiger partial charge in [-0.3, -0.25) is 14.5 Å². The smallest absolute Gasteiger partial charge is 0.301 e. The Morgan fingerprint density at radius 3 is 2.71 bits per heavy atom. The van der Waals surface area contributed by atoms with Crippen molar-refractivity contribution < 1.29 is 28.9 Å². The predicted molar refractivity (Wildman–Crippen MR) is 143 cm³/mol. The fourth-order valence-electron chi connectivity index (χ4n) is 4.91. The molecule has 0 bridgehead atoms. The minimum atomic E-state index is -0.924. The first-order chi connectivity index (χ1) is 18.4. The van der Waals surface area contributed by atoms with Gasteiger partial charge in [0.2, 0.25) is 0 Å². The van der Waals surface area contributed by atoms with E-state index < -0.39 is 17.7 Å². The Kier molecular flexibility index (Phi) is 7.05. The van der Waals surface area contributed by atoms with Crippen LogP contribution in [0.1, 0.15) is 49.4 Å². The summed E-state index contributed by atoms with van der Waals surface area (Å²) in [6.45, 7) is 4.60. The number of carbonyl (C=O) groups excluding carboxylic acids is 2. The van der Waals surface area contributed by atoms with Gasteiger partial charge in [0.05, 0.1) is 25.3 Å². The van der Waals surface area contributed by atoms with Crippen LogP contribution in [0.5, 0.6) is 17.2 Å². The number of methoxy groups -OCH3 is 1. The maximum absolute atomic E-state index is 13.5. The molecule has 38 heavy (non-hydrogen) atoms. The van der Waals surface area contributed by atoms with E-state index in [1.165, 1.54) is 12.0 Å². The molecular weight excluding hydrogens is 484 g/mol. The van der Waals surface area contributed by atoms with Gasteiger partial charge in [-0.1, -0.05) is 25.5 Å². The Bertz CT molecular complexity index is 1400. The van der Waals surface area contributed by atoms with Crippen LogP contribution in [0.3, 0.4) is 0 Å². The lowest BCUT2D eigenvalue weighted by molar-refractivity contribution is -0.132. The topological polar surface area (TPSA) is 98.2 Å². The van der Waals surface area contributed by atoms with Crippen LogP contribution >= 0.6 is 0 Å². The molecule has 0 radical (unpaired) electrons. The van der Waals surface area contributed by atoms with Crippen molar-refractivity contribution in [3.63, 3.8) is 0 Å². The zero-order chi connectivity index (χ0) is 26.8. The minimum absolute atomic E-state index is 0.0192. The average Bonchev–Trinajstić information content (AvgIpc) is 3.44. The molecular formula is C30H30N2O6. The first kappa shape index (κ1) is 25.3. The lowest BCUT2D eigenvalue weighted by atomic mass is 9.94. The minimum Gasteiger partial charge on any atom is -0.507 e. The fourth-order valence-corrected chi connectivity index (χ4v) is 4.91. The van der Waals surface area contributed by atoms with Crippen molar-refractivity contribution in [1.29, 1.82) is 0 Å². The molecule has 8 nitrogen and oxygen atoms in total. The number of anilines is 1. The number of aliphatic hydroxyl groups is 1. The van der Waals surface area contributed by atoms with Crippen LogP contribution in [0.15, 0.2) is 66.4 Å². The van der Waals surface area contributed by atoms with E-state index in [2.05, 4.69) is 11.9 Å². The summed E-state index contributed by atoms with van der Waals surface area (Å²) < 4.78 is 17.2. The number of amides is 1. The summed E-state index contributed by atoms with van der Waals surface area (Å²) in [5.74, 6) is 0.276. The molecule has 3 heterocycles. The maximum Gasteiger partial charge on any atom is 0.301 e. The number of aliphatic hydroxyl groups excluding tert-OH is 1. The van der Waals surface area contributed by atoms with Crippen molar-refractivity contribution in [3.8, 4) is 17.2 Å². The van der Waals surface area contributed by atoms with E-state index in [1.807, 2.05) is 13.0 Å². The predicted octanol–water partition coefficient (Wildman–Crippen LogP) is 5.22. The number of hydrogen-bond acceptors (Lipinski definition) is 7. The first-order valence-electron chi connectivity index (χ1n) is 12.8. The third-order valence-electron chi connectivity index (χ3n) is 6.77. The van der Waals surface area contributed by atoms with Gasteiger partial charge in [-0.05, 0) is 66.9 Å². The van der Waals surface area contributed by atoms with Crippen molar-refractivity contribution in [2.45, 2.75) is 45.3 Å². The van der Waals surface area contributed by atoms with Crippen molar-refractivity contribution in [2.24, 2.45) is 0 Å². The number of pyridine rings is 1. The standard InChI is InChI=1S/C30H30N2O6/c1-4-5-14-37-23-12-9-19(17-24(23)36-3)27-26(29(34)30(35)32(27)25-8-6-7-13-31-25)28(33)20-10-11-22-21(16-20)15-18(2)38-22/h6-13,16-18,27,33H,4-5,14-15H2,1-3H3. The van der Waals surface area contributed by atoms with Gasteiger partial charge in [-0.15, -0.1) is 0 Å². The summed E-state index contributed by atoms with van der Waals surface area (Å²) in [6, 6.07) is 14.8. The summed E-state index contributed by atoms with van der Waals surface area (Å²) in [6.07, 6.45) is 4.17. The normalized spacial score (nSPS) is 19.8. The number of nitrogens with zero attached hydrogens (tertiary/aromatic N) is 2. The number of carbonyl (C=O) groups is 2. The summed E-state index contributed by atoms with van der Waals surface area (Å²) >= 11 is 0. The number of hydrogen-bond donors (Lipinski definition) is 1. The second-order valence-corrected chi connectivity index (χ2v) is 9.42. The number of ether oxygens (including phenoxy) is 3. The number of Topliss-reactive ketones (excluding diaryl/α,β-unsaturated/α-hetero) is 1. The number of rotatable bonds is 8. The Morgan fingerprint density at radius 1 is 1.13 bits per heavy atom. The molecule has 2 aliphatic heterocycles. The van der Waals surface area contributed by atoms with E-state index in [0.29, 0.717) is 41.5 Å². The molecule has 1 N–H and O–H groups in total. The maximum atomic E-state index is 13.5. The van der Waals surface area contributed by atoms with Gasteiger partial charge in [0.15, 0.2) is 11.5 Å². The van der Waals surface area contributed by atoms with Gasteiger partial charge in [-0.2, -0.15) is 0 Å². The highest BCUT2D eigenvalue weighted by Crippen LogP contribution is 2.44. The van der Waals surface area contributed by atoms with Gasteiger partial charge in [0.1, 0.15) is 23.4 Å². The van der Waals surface area contributed by atoms with Crippen LogP contribution < -0.4 is 19.1 Å². The van der Waals surface area contributed by atoms with Crippen LogP contribution in [-0.4, -0.2) is 41.6 Å². The lowest BCUT2D eigenvalue weighted by Gasteiger charge is -2.25.